The highest BCUT2D eigenvalue weighted by atomic mass is 79.9. The van der Waals surface area contributed by atoms with Gasteiger partial charge in [-0.2, -0.15) is 5.26 Å². The predicted molar refractivity (Wildman–Crippen MR) is 58.6 cm³/mol. The van der Waals surface area contributed by atoms with E-state index < -0.39 is 0 Å². The van der Waals surface area contributed by atoms with Gasteiger partial charge in [-0.1, -0.05) is 0 Å². The van der Waals surface area contributed by atoms with Crippen LogP contribution in [-0.2, 0) is 0 Å². The number of halogens is 1. The van der Waals surface area contributed by atoms with Gasteiger partial charge in [0.15, 0.2) is 0 Å². The second kappa shape index (κ2) is 5.08. The maximum atomic E-state index is 8.93. The molecule has 0 aromatic carbocycles. The Labute approximate surface area is 92.3 Å². The van der Waals surface area contributed by atoms with Crippen LogP contribution in [-0.4, -0.2) is 11.0 Å². The molecule has 0 fully saturated rings. The number of rotatable bonds is 3. The average molecular weight is 254 g/mol. The first-order valence-electron chi connectivity index (χ1n) is 4.40. The van der Waals surface area contributed by atoms with Gasteiger partial charge in [-0.05, 0) is 41.9 Å². The van der Waals surface area contributed by atoms with Crippen molar-refractivity contribution in [3.05, 3.63) is 28.5 Å². The van der Waals surface area contributed by atoms with Gasteiger partial charge >= 0.3 is 0 Å². The summed E-state index contributed by atoms with van der Waals surface area (Å²) in [6, 6.07) is 5.84. The molecule has 3 nitrogen and oxygen atoms in total. The van der Waals surface area contributed by atoms with Crippen LogP contribution in [0.4, 0.5) is 0 Å². The van der Waals surface area contributed by atoms with Gasteiger partial charge in [0.25, 0.3) is 0 Å². The van der Waals surface area contributed by atoms with Gasteiger partial charge in [0.05, 0.1) is 11.8 Å². The lowest BCUT2D eigenvalue weighted by Gasteiger charge is -2.13. The van der Waals surface area contributed by atoms with Crippen LogP contribution in [0.5, 0.6) is 0 Å². The Morgan fingerprint density at radius 2 is 2.21 bits per heavy atom. The molecule has 0 spiro atoms. The fourth-order valence-corrected chi connectivity index (χ4v) is 1.31. The number of nitrogens with one attached hydrogen (secondary N) is 1. The Balaban J connectivity index is 2.80. The molecule has 0 bridgehead atoms. The normalized spacial score (nSPS) is 12.5. The van der Waals surface area contributed by atoms with Gasteiger partial charge in [-0.25, -0.2) is 0 Å². The van der Waals surface area contributed by atoms with Gasteiger partial charge in [0.2, 0.25) is 0 Å². The second-order valence-corrected chi connectivity index (χ2v) is 4.20. The molecule has 0 aliphatic heterocycles. The molecule has 1 unspecified atom stereocenters. The molecular formula is C10H12BrN3. The lowest BCUT2D eigenvalue weighted by Crippen LogP contribution is -2.27. The van der Waals surface area contributed by atoms with Gasteiger partial charge in [-0.3, -0.25) is 10.3 Å². The maximum absolute atomic E-state index is 8.93. The molecule has 0 aliphatic carbocycles. The van der Waals surface area contributed by atoms with Crippen molar-refractivity contribution in [2.24, 2.45) is 0 Å². The number of pyridine rings is 1. The lowest BCUT2D eigenvalue weighted by atomic mass is 10.2. The summed E-state index contributed by atoms with van der Waals surface area (Å²) in [5.41, 5.74) is 0.754. The van der Waals surface area contributed by atoms with E-state index in [0.717, 1.165) is 10.2 Å². The molecule has 1 aromatic rings. The molecule has 1 aromatic heterocycles. The van der Waals surface area contributed by atoms with Crippen LogP contribution in [0.3, 0.4) is 0 Å². The Bertz CT molecular complexity index is 326. The van der Waals surface area contributed by atoms with Crippen molar-refractivity contribution in [3.8, 4) is 6.07 Å². The Morgan fingerprint density at radius 3 is 2.64 bits per heavy atom. The van der Waals surface area contributed by atoms with Gasteiger partial charge in [-0.15, -0.1) is 0 Å². The van der Waals surface area contributed by atoms with E-state index in [9.17, 15) is 0 Å². The van der Waals surface area contributed by atoms with E-state index in [4.69, 9.17) is 5.26 Å². The van der Waals surface area contributed by atoms with Crippen molar-refractivity contribution in [1.82, 2.24) is 10.3 Å². The molecule has 0 saturated carbocycles. The molecule has 14 heavy (non-hydrogen) atoms. The maximum Gasteiger partial charge on any atom is 0.138 e. The Kier molecular flexibility index (Phi) is 4.05. The van der Waals surface area contributed by atoms with Crippen LogP contribution in [0, 0.1) is 11.3 Å². The summed E-state index contributed by atoms with van der Waals surface area (Å²) in [7, 11) is 0. The smallest absolute Gasteiger partial charge is 0.138 e. The van der Waals surface area contributed by atoms with Gasteiger partial charge < -0.3 is 0 Å². The minimum Gasteiger partial charge on any atom is -0.295 e. The van der Waals surface area contributed by atoms with Crippen LogP contribution in [0.25, 0.3) is 0 Å². The van der Waals surface area contributed by atoms with Gasteiger partial charge in [0, 0.05) is 16.7 Å². The zero-order chi connectivity index (χ0) is 10.6. The quantitative estimate of drug-likeness (QED) is 0.901. The number of aromatic nitrogens is 1. The molecule has 1 rings (SSSR count). The predicted octanol–water partition coefficient (Wildman–Crippen LogP) is 2.41. The molecule has 4 heteroatoms. The Hall–Kier alpha value is -0.920. The minimum atomic E-state index is -0.330. The van der Waals surface area contributed by atoms with Crippen molar-refractivity contribution in [2.45, 2.75) is 25.9 Å². The number of nitriles is 1. The third kappa shape index (κ3) is 3.09. The SMILES string of the molecule is CC(C)NC(C#N)c1ccc(Br)cn1. The van der Waals surface area contributed by atoms with Crippen LogP contribution >= 0.6 is 15.9 Å². The summed E-state index contributed by atoms with van der Waals surface area (Å²) in [5.74, 6) is 0. The topological polar surface area (TPSA) is 48.7 Å². The number of hydrogen-bond donors (Lipinski definition) is 1. The molecule has 1 heterocycles. The summed E-state index contributed by atoms with van der Waals surface area (Å²) < 4.78 is 0.919. The number of nitrogens with zero attached hydrogens (tertiary/aromatic N) is 2. The van der Waals surface area contributed by atoms with E-state index >= 15 is 0 Å². The lowest BCUT2D eigenvalue weighted by molar-refractivity contribution is 0.538. The molecule has 1 N–H and O–H groups in total. The third-order valence-corrected chi connectivity index (χ3v) is 2.14. The molecule has 0 radical (unpaired) electrons. The van der Waals surface area contributed by atoms with Crippen molar-refractivity contribution in [2.75, 3.05) is 0 Å². The van der Waals surface area contributed by atoms with Crippen LogP contribution in [0.15, 0.2) is 22.8 Å². The van der Waals surface area contributed by atoms with Crippen molar-refractivity contribution < 1.29 is 0 Å². The van der Waals surface area contributed by atoms with Crippen LogP contribution in [0.1, 0.15) is 25.6 Å². The average Bonchev–Trinajstić information content (AvgIpc) is 2.15. The summed E-state index contributed by atoms with van der Waals surface area (Å²) in [4.78, 5) is 4.17. The first-order chi connectivity index (χ1) is 6.63. The molecule has 0 saturated heterocycles. The second-order valence-electron chi connectivity index (χ2n) is 3.28. The first-order valence-corrected chi connectivity index (χ1v) is 5.20. The fraction of sp³-hybridized carbons (Fsp3) is 0.400. The van der Waals surface area contributed by atoms with Crippen molar-refractivity contribution >= 4 is 15.9 Å². The summed E-state index contributed by atoms with van der Waals surface area (Å²) in [6.07, 6.45) is 1.70. The monoisotopic (exact) mass is 253 g/mol. The van der Waals surface area contributed by atoms with Crippen LogP contribution < -0.4 is 5.32 Å². The van der Waals surface area contributed by atoms with Crippen LogP contribution in [0.2, 0.25) is 0 Å². The highest BCUT2D eigenvalue weighted by molar-refractivity contribution is 9.10. The summed E-state index contributed by atoms with van der Waals surface area (Å²) in [6.45, 7) is 4.01. The molecule has 1 atom stereocenters. The Morgan fingerprint density at radius 1 is 1.50 bits per heavy atom. The highest BCUT2D eigenvalue weighted by Crippen LogP contribution is 2.13. The van der Waals surface area contributed by atoms with E-state index in [1.807, 2.05) is 26.0 Å². The summed E-state index contributed by atoms with van der Waals surface area (Å²) >= 11 is 3.30. The molecule has 0 aliphatic rings. The third-order valence-electron chi connectivity index (χ3n) is 1.68. The number of hydrogen-bond acceptors (Lipinski definition) is 3. The highest BCUT2D eigenvalue weighted by Gasteiger charge is 2.11. The standard InChI is InChI=1S/C10H12BrN3/c1-7(2)14-10(5-12)9-4-3-8(11)6-13-9/h3-4,6-7,10,14H,1-2H3. The molecular weight excluding hydrogens is 242 g/mol. The van der Waals surface area contributed by atoms with E-state index in [0.29, 0.717) is 0 Å². The van der Waals surface area contributed by atoms with Crippen molar-refractivity contribution in [3.63, 3.8) is 0 Å². The zero-order valence-electron chi connectivity index (χ0n) is 8.16. The zero-order valence-corrected chi connectivity index (χ0v) is 9.75. The fourth-order valence-electron chi connectivity index (χ4n) is 1.08. The van der Waals surface area contributed by atoms with E-state index in [1.54, 1.807) is 6.20 Å². The van der Waals surface area contributed by atoms with Gasteiger partial charge in [0.1, 0.15) is 6.04 Å². The largest absolute Gasteiger partial charge is 0.295 e. The van der Waals surface area contributed by atoms with E-state index in [-0.39, 0.29) is 12.1 Å². The molecule has 74 valence electrons. The van der Waals surface area contributed by atoms with Crippen molar-refractivity contribution in [1.29, 1.82) is 5.26 Å². The van der Waals surface area contributed by atoms with E-state index in [1.165, 1.54) is 0 Å². The first kappa shape index (κ1) is 11.2. The molecule has 0 amide bonds. The summed E-state index contributed by atoms with van der Waals surface area (Å²) in [5, 5.41) is 12.1. The van der Waals surface area contributed by atoms with E-state index in [2.05, 4.69) is 32.3 Å². The minimum absolute atomic E-state index is 0.269.